The average Bonchev–Trinajstić information content (AvgIpc) is 2.75. The summed E-state index contributed by atoms with van der Waals surface area (Å²) in [6.45, 7) is 9.90. The van der Waals surface area contributed by atoms with Crippen molar-refractivity contribution in [3.05, 3.63) is 83.9 Å². The van der Waals surface area contributed by atoms with Crippen molar-refractivity contribution in [1.29, 1.82) is 0 Å². The Labute approximate surface area is 196 Å². The molecular weight excluding hydrogens is 436 g/mol. The van der Waals surface area contributed by atoms with Crippen LogP contribution in [0.25, 0.3) is 0 Å². The van der Waals surface area contributed by atoms with E-state index in [0.29, 0.717) is 17.1 Å². The van der Waals surface area contributed by atoms with E-state index in [1.54, 1.807) is 31.2 Å². The molecule has 0 aliphatic rings. The summed E-state index contributed by atoms with van der Waals surface area (Å²) in [5.74, 6) is 0.276. The van der Waals surface area contributed by atoms with Gasteiger partial charge >= 0.3 is 0 Å². The Morgan fingerprint density at radius 2 is 1.52 bits per heavy atom. The molecule has 33 heavy (non-hydrogen) atoms. The Morgan fingerprint density at radius 3 is 2.09 bits per heavy atom. The minimum absolute atomic E-state index is 0.0383. The lowest BCUT2D eigenvalue weighted by atomic mass is 9.87. The largest absolute Gasteiger partial charge is 0.481 e. The Balaban J connectivity index is 1.62. The van der Waals surface area contributed by atoms with Crippen LogP contribution in [-0.2, 0) is 20.2 Å². The first kappa shape index (κ1) is 24.3. The molecule has 3 rings (SSSR count). The molecule has 0 bridgehead atoms. The molecule has 0 fully saturated rings. The number of hydrogen-bond donors (Lipinski definition) is 2. The summed E-state index contributed by atoms with van der Waals surface area (Å²) in [5.41, 5.74) is 3.05. The molecule has 0 aromatic heterocycles. The number of carbonyl (C=O) groups excluding carboxylic acids is 1. The van der Waals surface area contributed by atoms with Crippen LogP contribution in [0.15, 0.2) is 77.7 Å². The van der Waals surface area contributed by atoms with Crippen molar-refractivity contribution in [2.75, 3.05) is 10.0 Å². The van der Waals surface area contributed by atoms with Crippen molar-refractivity contribution in [3.8, 4) is 5.75 Å². The molecule has 2 N–H and O–H groups in total. The number of ether oxygens (including phenoxy) is 1. The molecule has 0 spiro atoms. The van der Waals surface area contributed by atoms with Crippen molar-refractivity contribution >= 4 is 27.3 Å². The molecule has 1 atom stereocenters. The van der Waals surface area contributed by atoms with Gasteiger partial charge in [-0.2, -0.15) is 0 Å². The van der Waals surface area contributed by atoms with E-state index in [1.165, 1.54) is 17.7 Å². The molecule has 3 aromatic carbocycles. The van der Waals surface area contributed by atoms with Gasteiger partial charge in [-0.15, -0.1) is 0 Å². The van der Waals surface area contributed by atoms with Gasteiger partial charge in [-0.3, -0.25) is 9.52 Å². The van der Waals surface area contributed by atoms with Crippen LogP contribution in [0.4, 0.5) is 11.4 Å². The average molecular weight is 467 g/mol. The van der Waals surface area contributed by atoms with Crippen LogP contribution in [0.2, 0.25) is 0 Å². The van der Waals surface area contributed by atoms with Gasteiger partial charge in [-0.1, -0.05) is 51.1 Å². The number of sulfonamides is 1. The molecule has 0 heterocycles. The summed E-state index contributed by atoms with van der Waals surface area (Å²) >= 11 is 0. The molecular formula is C26H30N2O4S. The Morgan fingerprint density at radius 1 is 0.909 bits per heavy atom. The summed E-state index contributed by atoms with van der Waals surface area (Å²) in [5, 5.41) is 2.76. The number of amides is 1. The SMILES string of the molecule is Cc1ccccc1NS(=O)(=O)c1ccc(NC(=O)[C@H](C)Oc2ccc(C(C)(C)C)cc2)cc1. The number of benzene rings is 3. The van der Waals surface area contributed by atoms with Crippen LogP contribution < -0.4 is 14.8 Å². The summed E-state index contributed by atoms with van der Waals surface area (Å²) in [6, 6.07) is 20.8. The molecule has 0 aliphatic heterocycles. The fraction of sp³-hybridized carbons (Fsp3) is 0.269. The number of carbonyl (C=O) groups is 1. The lowest BCUT2D eigenvalue weighted by Crippen LogP contribution is -2.30. The van der Waals surface area contributed by atoms with Crippen molar-refractivity contribution < 1.29 is 17.9 Å². The van der Waals surface area contributed by atoms with Crippen molar-refractivity contribution in [1.82, 2.24) is 0 Å². The molecule has 7 heteroatoms. The van der Waals surface area contributed by atoms with Gasteiger partial charge < -0.3 is 10.1 Å². The fourth-order valence-electron chi connectivity index (χ4n) is 3.14. The fourth-order valence-corrected chi connectivity index (χ4v) is 4.27. The highest BCUT2D eigenvalue weighted by Gasteiger charge is 2.18. The second-order valence-electron chi connectivity index (χ2n) is 8.97. The first-order chi connectivity index (χ1) is 15.5. The predicted molar refractivity (Wildman–Crippen MR) is 132 cm³/mol. The van der Waals surface area contributed by atoms with Crippen LogP contribution in [0.5, 0.6) is 5.75 Å². The number of anilines is 2. The lowest BCUT2D eigenvalue weighted by molar-refractivity contribution is -0.122. The van der Waals surface area contributed by atoms with E-state index >= 15 is 0 Å². The minimum atomic E-state index is -3.74. The third-order valence-electron chi connectivity index (χ3n) is 5.22. The summed E-state index contributed by atoms with van der Waals surface area (Å²) in [7, 11) is -3.74. The highest BCUT2D eigenvalue weighted by Crippen LogP contribution is 2.25. The van der Waals surface area contributed by atoms with Gasteiger partial charge in [0.2, 0.25) is 0 Å². The van der Waals surface area contributed by atoms with Crippen LogP contribution in [0, 0.1) is 6.92 Å². The van der Waals surface area contributed by atoms with Gasteiger partial charge in [0.05, 0.1) is 10.6 Å². The monoisotopic (exact) mass is 466 g/mol. The molecule has 0 saturated heterocycles. The highest BCUT2D eigenvalue weighted by molar-refractivity contribution is 7.92. The zero-order valence-corrected chi connectivity index (χ0v) is 20.4. The zero-order valence-electron chi connectivity index (χ0n) is 19.5. The Bertz CT molecular complexity index is 1210. The number of aryl methyl sites for hydroxylation is 1. The third-order valence-corrected chi connectivity index (χ3v) is 6.61. The van der Waals surface area contributed by atoms with Gasteiger partial charge in [0.1, 0.15) is 5.75 Å². The molecule has 0 saturated carbocycles. The predicted octanol–water partition coefficient (Wildman–Crippen LogP) is 5.50. The summed E-state index contributed by atoms with van der Waals surface area (Å²) < 4.78 is 33.7. The van der Waals surface area contributed by atoms with Gasteiger partial charge in [-0.25, -0.2) is 8.42 Å². The number of rotatable bonds is 7. The Hall–Kier alpha value is -3.32. The third kappa shape index (κ3) is 6.35. The first-order valence-corrected chi connectivity index (χ1v) is 12.2. The standard InChI is InChI=1S/C26H30N2O4S/c1-18-8-6-7-9-24(18)28-33(30,31)23-16-12-21(13-17-23)27-25(29)19(2)32-22-14-10-20(11-15-22)26(3,4)5/h6-17,19,28H,1-5H3,(H,27,29)/t19-/m0/s1. The second kappa shape index (κ2) is 9.67. The maximum Gasteiger partial charge on any atom is 0.265 e. The lowest BCUT2D eigenvalue weighted by Gasteiger charge is -2.20. The molecule has 174 valence electrons. The molecule has 0 radical (unpaired) electrons. The van der Waals surface area contributed by atoms with Gasteiger partial charge in [-0.05, 0) is 72.9 Å². The van der Waals surface area contributed by atoms with Crippen LogP contribution in [-0.4, -0.2) is 20.4 Å². The van der Waals surface area contributed by atoms with Gasteiger partial charge in [0.25, 0.3) is 15.9 Å². The van der Waals surface area contributed by atoms with Crippen molar-refractivity contribution in [3.63, 3.8) is 0 Å². The van der Waals surface area contributed by atoms with Gasteiger partial charge in [0, 0.05) is 5.69 Å². The number of para-hydroxylation sites is 1. The minimum Gasteiger partial charge on any atom is -0.481 e. The zero-order chi connectivity index (χ0) is 24.2. The molecule has 1 amide bonds. The van der Waals surface area contributed by atoms with E-state index in [4.69, 9.17) is 4.74 Å². The number of nitrogens with one attached hydrogen (secondary N) is 2. The smallest absolute Gasteiger partial charge is 0.265 e. The first-order valence-electron chi connectivity index (χ1n) is 10.7. The second-order valence-corrected chi connectivity index (χ2v) is 10.7. The highest BCUT2D eigenvalue weighted by atomic mass is 32.2. The van der Waals surface area contributed by atoms with E-state index < -0.39 is 16.1 Å². The number of hydrogen-bond acceptors (Lipinski definition) is 4. The van der Waals surface area contributed by atoms with E-state index in [9.17, 15) is 13.2 Å². The molecule has 3 aromatic rings. The van der Waals surface area contributed by atoms with Crippen LogP contribution in [0.3, 0.4) is 0 Å². The van der Waals surface area contributed by atoms with Gasteiger partial charge in [0.15, 0.2) is 6.10 Å². The van der Waals surface area contributed by atoms with Crippen LogP contribution in [0.1, 0.15) is 38.8 Å². The maximum absolute atomic E-state index is 12.7. The quantitative estimate of drug-likeness (QED) is 0.482. The molecule has 0 unspecified atom stereocenters. The maximum atomic E-state index is 12.7. The van der Waals surface area contributed by atoms with Crippen molar-refractivity contribution in [2.24, 2.45) is 0 Å². The Kier molecular flexibility index (Phi) is 7.12. The topological polar surface area (TPSA) is 84.5 Å². The molecule has 0 aliphatic carbocycles. The van der Waals surface area contributed by atoms with Crippen molar-refractivity contribution in [2.45, 2.75) is 51.0 Å². The summed E-state index contributed by atoms with van der Waals surface area (Å²) in [6.07, 6.45) is -0.725. The van der Waals surface area contributed by atoms with E-state index in [1.807, 2.05) is 43.3 Å². The van der Waals surface area contributed by atoms with E-state index in [2.05, 4.69) is 30.8 Å². The molecule has 6 nitrogen and oxygen atoms in total. The van der Waals surface area contributed by atoms with Crippen LogP contribution >= 0.6 is 0 Å². The van der Waals surface area contributed by atoms with E-state index in [0.717, 1.165) is 5.56 Å². The summed E-state index contributed by atoms with van der Waals surface area (Å²) in [4.78, 5) is 12.6. The van der Waals surface area contributed by atoms with E-state index in [-0.39, 0.29) is 16.2 Å². The normalized spacial score (nSPS) is 12.6.